The fourth-order valence-electron chi connectivity index (χ4n) is 3.60. The third-order valence-corrected chi connectivity index (χ3v) is 7.29. The molecule has 1 atom stereocenters. The van der Waals surface area contributed by atoms with Crippen LogP contribution in [0.15, 0.2) is 84.9 Å². The van der Waals surface area contributed by atoms with Gasteiger partial charge in [-0.25, -0.2) is 0 Å². The fraction of sp³-hybridized carbons (Fsp3) is 0.250. The molecule has 0 aromatic heterocycles. The average Bonchev–Trinajstić information content (AvgIpc) is 3.25. The van der Waals surface area contributed by atoms with Gasteiger partial charge in [-0.05, 0) is 35.8 Å². The average molecular weight is 504 g/mol. The second kappa shape index (κ2) is 10.5. The first-order valence-corrected chi connectivity index (χ1v) is 10.9. The Hall–Kier alpha value is -1.26. The molecule has 1 unspecified atom stereocenters. The van der Waals surface area contributed by atoms with E-state index in [4.69, 9.17) is 9.47 Å². The van der Waals surface area contributed by atoms with Crippen molar-refractivity contribution in [1.29, 1.82) is 0 Å². The van der Waals surface area contributed by atoms with Gasteiger partial charge in [0.15, 0.2) is 6.29 Å². The van der Waals surface area contributed by atoms with Gasteiger partial charge in [0.1, 0.15) is 0 Å². The zero-order valence-electron chi connectivity index (χ0n) is 16.0. The minimum atomic E-state index is -0.560. The van der Waals surface area contributed by atoms with Crippen molar-refractivity contribution < 1.29 is 9.47 Å². The van der Waals surface area contributed by atoms with Crippen LogP contribution >= 0.6 is 31.9 Å². The fourth-order valence-corrected chi connectivity index (χ4v) is 5.96. The van der Waals surface area contributed by atoms with E-state index in [0.717, 1.165) is 6.42 Å². The van der Waals surface area contributed by atoms with Gasteiger partial charge in [0.05, 0.1) is 13.2 Å². The summed E-state index contributed by atoms with van der Waals surface area (Å²) in [5.41, 5.74) is 1.35. The molecule has 4 rings (SSSR count). The Morgan fingerprint density at radius 2 is 1.32 bits per heavy atom. The molecule has 0 aliphatic carbocycles. The van der Waals surface area contributed by atoms with Gasteiger partial charge in [0, 0.05) is 5.92 Å². The number of halogens is 1. The van der Waals surface area contributed by atoms with Crippen LogP contribution in [0.5, 0.6) is 0 Å². The highest BCUT2D eigenvalue weighted by Crippen LogP contribution is 2.33. The summed E-state index contributed by atoms with van der Waals surface area (Å²) in [7, 11) is -0.560. The van der Waals surface area contributed by atoms with Gasteiger partial charge in [-0.2, -0.15) is 0 Å². The number of benzene rings is 3. The van der Waals surface area contributed by atoms with Crippen LogP contribution < -0.4 is 15.9 Å². The van der Waals surface area contributed by atoms with E-state index < -0.39 is 7.92 Å². The van der Waals surface area contributed by atoms with Crippen LogP contribution in [-0.4, -0.2) is 19.5 Å². The first-order chi connectivity index (χ1) is 13.3. The van der Waals surface area contributed by atoms with Crippen molar-refractivity contribution in [2.45, 2.75) is 19.6 Å². The van der Waals surface area contributed by atoms with Gasteiger partial charge in [0.25, 0.3) is 0 Å². The molecule has 0 amide bonds. The maximum absolute atomic E-state index is 5.69. The van der Waals surface area contributed by atoms with E-state index in [0.29, 0.717) is 19.1 Å². The predicted molar refractivity (Wildman–Crippen MR) is 129 cm³/mol. The van der Waals surface area contributed by atoms with Gasteiger partial charge in [-0.15, -0.1) is 24.0 Å². The molecule has 1 aliphatic rings. The third-order valence-electron chi connectivity index (χ3n) is 4.87. The molecule has 0 radical (unpaired) electrons. The summed E-state index contributed by atoms with van der Waals surface area (Å²) in [5.74, 6) is 0.349. The molecule has 0 bridgehead atoms. The van der Waals surface area contributed by atoms with Crippen LogP contribution in [-0.2, 0) is 15.9 Å². The lowest BCUT2D eigenvalue weighted by Crippen LogP contribution is -2.23. The lowest BCUT2D eigenvalue weighted by Gasteiger charge is -2.21. The molecule has 0 N–H and O–H groups in total. The van der Waals surface area contributed by atoms with E-state index in [1.807, 2.05) is 0 Å². The molecule has 3 aromatic carbocycles. The highest BCUT2D eigenvalue weighted by molar-refractivity contribution is 14.0. The standard InChI is InChI=1S/C24H25O2P.HI/c1-19(24-25-15-16-26-24)17-20-9-8-14-23(18-20)27(21-10-4-2-5-11-21)22-12-6-3-7-13-22;/h2-14,18-19,24H,15-17H2,1H3;1H. The van der Waals surface area contributed by atoms with E-state index in [2.05, 4.69) is 91.9 Å². The molecule has 4 heteroatoms. The van der Waals surface area contributed by atoms with Crippen molar-refractivity contribution >= 4 is 47.8 Å². The monoisotopic (exact) mass is 504 g/mol. The lowest BCUT2D eigenvalue weighted by atomic mass is 10.0. The summed E-state index contributed by atoms with van der Waals surface area (Å²) in [5, 5.41) is 4.15. The molecule has 1 fully saturated rings. The topological polar surface area (TPSA) is 18.5 Å². The minimum Gasteiger partial charge on any atom is -0.350 e. The number of hydrogen-bond donors (Lipinski definition) is 0. The Bertz CT molecular complexity index is 811. The van der Waals surface area contributed by atoms with E-state index in [1.165, 1.54) is 21.5 Å². The summed E-state index contributed by atoms with van der Waals surface area (Å²) >= 11 is 0. The highest BCUT2D eigenvalue weighted by atomic mass is 127. The number of rotatable bonds is 6. The Kier molecular flexibility index (Phi) is 8.04. The molecule has 0 saturated carbocycles. The first kappa shape index (κ1) is 21.4. The van der Waals surface area contributed by atoms with Gasteiger partial charge in [0.2, 0.25) is 0 Å². The molecular weight excluding hydrogens is 478 g/mol. The van der Waals surface area contributed by atoms with E-state index in [9.17, 15) is 0 Å². The zero-order valence-corrected chi connectivity index (χ0v) is 19.3. The Balaban J connectivity index is 0.00000225. The number of ether oxygens (including phenoxy) is 2. The molecule has 1 aliphatic heterocycles. The van der Waals surface area contributed by atoms with Gasteiger partial charge in [-0.3, -0.25) is 0 Å². The highest BCUT2D eigenvalue weighted by Gasteiger charge is 2.24. The van der Waals surface area contributed by atoms with Crippen LogP contribution in [0.4, 0.5) is 0 Å². The molecule has 1 heterocycles. The van der Waals surface area contributed by atoms with Crippen LogP contribution in [0, 0.1) is 5.92 Å². The molecule has 0 spiro atoms. The van der Waals surface area contributed by atoms with Crippen molar-refractivity contribution in [2.75, 3.05) is 13.2 Å². The Morgan fingerprint density at radius 1 is 0.786 bits per heavy atom. The predicted octanol–water partition coefficient (Wildman–Crippen LogP) is 4.61. The van der Waals surface area contributed by atoms with E-state index >= 15 is 0 Å². The molecular formula is C24H26IO2P. The van der Waals surface area contributed by atoms with Crippen LogP contribution in [0.1, 0.15) is 12.5 Å². The lowest BCUT2D eigenvalue weighted by molar-refractivity contribution is -0.0780. The van der Waals surface area contributed by atoms with Crippen molar-refractivity contribution in [2.24, 2.45) is 5.92 Å². The zero-order chi connectivity index (χ0) is 18.5. The Morgan fingerprint density at radius 3 is 1.89 bits per heavy atom. The minimum absolute atomic E-state index is 0. The number of hydrogen-bond acceptors (Lipinski definition) is 2. The van der Waals surface area contributed by atoms with Gasteiger partial charge in [-0.1, -0.05) is 91.9 Å². The van der Waals surface area contributed by atoms with Crippen molar-refractivity contribution in [3.05, 3.63) is 90.5 Å². The normalized spacial score (nSPS) is 15.4. The van der Waals surface area contributed by atoms with Gasteiger partial charge < -0.3 is 9.47 Å². The van der Waals surface area contributed by atoms with Crippen molar-refractivity contribution in [3.63, 3.8) is 0 Å². The molecule has 146 valence electrons. The third kappa shape index (κ3) is 5.21. The van der Waals surface area contributed by atoms with Crippen LogP contribution in [0.3, 0.4) is 0 Å². The molecule has 3 aromatic rings. The second-order valence-electron chi connectivity index (χ2n) is 6.97. The van der Waals surface area contributed by atoms with Crippen molar-refractivity contribution in [1.82, 2.24) is 0 Å². The van der Waals surface area contributed by atoms with Crippen LogP contribution in [0.25, 0.3) is 0 Å². The maximum Gasteiger partial charge on any atom is 0.160 e. The van der Waals surface area contributed by atoms with E-state index in [-0.39, 0.29) is 30.3 Å². The summed E-state index contributed by atoms with van der Waals surface area (Å²) < 4.78 is 11.4. The maximum atomic E-state index is 5.69. The largest absolute Gasteiger partial charge is 0.350 e. The summed E-state index contributed by atoms with van der Waals surface area (Å²) in [6, 6.07) is 30.7. The Labute approximate surface area is 186 Å². The second-order valence-corrected chi connectivity index (χ2v) is 9.19. The summed E-state index contributed by atoms with van der Waals surface area (Å²) in [4.78, 5) is 0. The molecule has 28 heavy (non-hydrogen) atoms. The summed E-state index contributed by atoms with van der Waals surface area (Å²) in [6.45, 7) is 3.63. The molecule has 2 nitrogen and oxygen atoms in total. The van der Waals surface area contributed by atoms with Crippen molar-refractivity contribution in [3.8, 4) is 0 Å². The summed E-state index contributed by atoms with van der Waals surface area (Å²) in [6.07, 6.45) is 0.893. The van der Waals surface area contributed by atoms with E-state index in [1.54, 1.807) is 0 Å². The van der Waals surface area contributed by atoms with Crippen LogP contribution in [0.2, 0.25) is 0 Å². The quantitative estimate of drug-likeness (QED) is 0.361. The smallest absolute Gasteiger partial charge is 0.160 e. The first-order valence-electron chi connectivity index (χ1n) is 9.53. The SMILES string of the molecule is CC(Cc1cccc(P(c2ccccc2)c2ccccc2)c1)C1OCCO1.I. The molecule has 1 saturated heterocycles. The van der Waals surface area contributed by atoms with Gasteiger partial charge >= 0.3 is 0 Å².